The summed E-state index contributed by atoms with van der Waals surface area (Å²) in [5, 5.41) is 3.25. The predicted molar refractivity (Wildman–Crippen MR) is 106 cm³/mol. The van der Waals surface area contributed by atoms with Crippen molar-refractivity contribution in [2.75, 3.05) is 5.32 Å². The Morgan fingerprint density at radius 3 is 2.59 bits per heavy atom. The summed E-state index contributed by atoms with van der Waals surface area (Å²) in [5.74, 6) is 0.971. The van der Waals surface area contributed by atoms with Gasteiger partial charge in [-0.05, 0) is 36.0 Å². The number of H-pyrrole nitrogens is 1. The molecule has 1 aliphatic rings. The Balaban J connectivity index is 1.73. The van der Waals surface area contributed by atoms with Gasteiger partial charge < -0.3 is 10.3 Å². The summed E-state index contributed by atoms with van der Waals surface area (Å²) < 4.78 is 39.1. The zero-order valence-corrected chi connectivity index (χ0v) is 15.5. The lowest BCUT2D eigenvalue weighted by atomic mass is 10.1. The number of imidazole rings is 1. The maximum atomic E-state index is 13.0. The average molecular weight is 411 g/mol. The number of pyridine rings is 2. The quantitative estimate of drug-likeness (QED) is 0.356. The summed E-state index contributed by atoms with van der Waals surface area (Å²) in [6.45, 7) is 0. The van der Waals surface area contributed by atoms with E-state index in [4.69, 9.17) is 0 Å². The molecular formula is C20H12F3N5S. The average Bonchev–Trinajstić information content (AvgIpc) is 3.08. The van der Waals surface area contributed by atoms with Gasteiger partial charge in [-0.2, -0.15) is 13.2 Å². The van der Waals surface area contributed by atoms with E-state index in [0.717, 1.165) is 16.8 Å². The van der Waals surface area contributed by atoms with E-state index in [-0.39, 0.29) is 16.7 Å². The number of nitrogens with one attached hydrogen (secondary N) is 2. The minimum Gasteiger partial charge on any atom is -0.338 e. The molecule has 0 amide bonds. The molecule has 144 valence electrons. The molecule has 0 saturated heterocycles. The fourth-order valence-corrected chi connectivity index (χ4v) is 3.97. The number of aromatic amines is 1. The smallest absolute Gasteiger partial charge is 0.338 e. The van der Waals surface area contributed by atoms with E-state index in [1.807, 2.05) is 12.1 Å². The molecule has 4 aromatic rings. The Morgan fingerprint density at radius 2 is 1.72 bits per heavy atom. The molecule has 0 unspecified atom stereocenters. The number of rotatable bonds is 2. The van der Waals surface area contributed by atoms with Crippen LogP contribution in [-0.2, 0) is 0 Å². The molecule has 0 aliphatic carbocycles. The van der Waals surface area contributed by atoms with E-state index in [0.29, 0.717) is 28.6 Å². The number of anilines is 2. The second-order valence-electron chi connectivity index (χ2n) is 6.30. The van der Waals surface area contributed by atoms with Crippen LogP contribution >= 0.6 is 11.8 Å². The zero-order chi connectivity index (χ0) is 20.0. The van der Waals surface area contributed by atoms with Gasteiger partial charge in [-0.25, -0.2) is 9.97 Å². The number of fused-ring (bicyclic) bond motifs is 5. The molecule has 3 aromatic heterocycles. The third-order valence-corrected chi connectivity index (χ3v) is 5.29. The summed E-state index contributed by atoms with van der Waals surface area (Å²) in [6, 6.07) is 11.8. The number of alkyl halides is 3. The van der Waals surface area contributed by atoms with Crippen LogP contribution in [0.2, 0.25) is 0 Å². The van der Waals surface area contributed by atoms with Gasteiger partial charge in [0.05, 0.1) is 17.6 Å². The third-order valence-electron chi connectivity index (χ3n) is 4.48. The van der Waals surface area contributed by atoms with Gasteiger partial charge in [-0.3, -0.25) is 4.98 Å². The highest BCUT2D eigenvalue weighted by atomic mass is 32.2. The summed E-state index contributed by atoms with van der Waals surface area (Å²) in [7, 11) is 0. The van der Waals surface area contributed by atoms with Crippen LogP contribution < -0.4 is 5.32 Å². The van der Waals surface area contributed by atoms with Crippen LogP contribution in [0.4, 0.5) is 24.7 Å². The Bertz CT molecular complexity index is 1160. The first kappa shape index (κ1) is 17.7. The van der Waals surface area contributed by atoms with E-state index >= 15 is 0 Å². The number of hydrogen-bond acceptors (Lipinski definition) is 5. The maximum absolute atomic E-state index is 13.0. The first-order valence-corrected chi connectivity index (χ1v) is 9.43. The lowest BCUT2D eigenvalue weighted by molar-refractivity contribution is -0.0328. The van der Waals surface area contributed by atoms with Gasteiger partial charge in [0.15, 0.2) is 0 Å². The number of aromatic nitrogens is 4. The number of thioether (sulfide) groups is 1. The van der Waals surface area contributed by atoms with Crippen LogP contribution in [0.1, 0.15) is 0 Å². The van der Waals surface area contributed by atoms with E-state index < -0.39 is 5.51 Å². The van der Waals surface area contributed by atoms with Crippen molar-refractivity contribution in [1.29, 1.82) is 0 Å². The van der Waals surface area contributed by atoms with Crippen LogP contribution in [0, 0.1) is 0 Å². The van der Waals surface area contributed by atoms with Crippen molar-refractivity contribution in [2.45, 2.75) is 10.4 Å². The lowest BCUT2D eigenvalue weighted by Gasteiger charge is -2.10. The zero-order valence-electron chi connectivity index (χ0n) is 14.7. The van der Waals surface area contributed by atoms with E-state index in [1.54, 1.807) is 42.9 Å². The summed E-state index contributed by atoms with van der Waals surface area (Å²) in [6.07, 6.45) is 4.99. The second-order valence-corrected chi connectivity index (χ2v) is 7.41. The molecule has 4 heterocycles. The number of halogens is 3. The summed E-state index contributed by atoms with van der Waals surface area (Å²) in [4.78, 5) is 16.5. The Morgan fingerprint density at radius 1 is 0.897 bits per heavy atom. The molecular weight excluding hydrogens is 399 g/mol. The summed E-state index contributed by atoms with van der Waals surface area (Å²) in [5.41, 5.74) is -0.389. The third kappa shape index (κ3) is 3.23. The minimum atomic E-state index is -4.39. The van der Waals surface area contributed by atoms with E-state index in [2.05, 4.69) is 25.3 Å². The molecule has 1 aliphatic heterocycles. The van der Waals surface area contributed by atoms with Crippen molar-refractivity contribution in [3.8, 4) is 33.9 Å². The van der Waals surface area contributed by atoms with Crippen molar-refractivity contribution in [1.82, 2.24) is 19.9 Å². The first-order chi connectivity index (χ1) is 14.0. The first-order valence-electron chi connectivity index (χ1n) is 8.61. The molecule has 2 N–H and O–H groups in total. The van der Waals surface area contributed by atoms with Crippen molar-refractivity contribution in [3.63, 3.8) is 0 Å². The normalized spacial score (nSPS) is 12.4. The molecule has 0 radical (unpaired) electrons. The molecule has 1 aromatic carbocycles. The van der Waals surface area contributed by atoms with Crippen LogP contribution in [0.5, 0.6) is 0 Å². The maximum Gasteiger partial charge on any atom is 0.446 e. The number of hydrogen-bond donors (Lipinski definition) is 2. The largest absolute Gasteiger partial charge is 0.446 e. The number of nitrogens with zero attached hydrogens (tertiary/aromatic N) is 3. The van der Waals surface area contributed by atoms with E-state index in [1.165, 1.54) is 6.07 Å². The Labute approximate surface area is 167 Å². The van der Waals surface area contributed by atoms with Gasteiger partial charge in [0.2, 0.25) is 0 Å². The van der Waals surface area contributed by atoms with Crippen LogP contribution in [0.25, 0.3) is 33.9 Å². The lowest BCUT2D eigenvalue weighted by Crippen LogP contribution is -2.00. The molecule has 0 spiro atoms. The fourth-order valence-electron chi connectivity index (χ4n) is 3.30. The minimum absolute atomic E-state index is 0.0865. The monoisotopic (exact) mass is 411 g/mol. The van der Waals surface area contributed by atoms with Gasteiger partial charge >= 0.3 is 5.51 Å². The fraction of sp³-hybridized carbons (Fsp3) is 0.0500. The Kier molecular flexibility index (Phi) is 4.06. The highest BCUT2D eigenvalue weighted by Gasteiger charge is 2.31. The van der Waals surface area contributed by atoms with Crippen LogP contribution in [0.3, 0.4) is 0 Å². The molecule has 0 bridgehead atoms. The molecule has 0 fully saturated rings. The molecule has 5 rings (SSSR count). The molecule has 29 heavy (non-hydrogen) atoms. The van der Waals surface area contributed by atoms with Gasteiger partial charge in [0, 0.05) is 34.0 Å². The highest BCUT2D eigenvalue weighted by molar-refractivity contribution is 8.00. The molecule has 9 heteroatoms. The van der Waals surface area contributed by atoms with Crippen molar-refractivity contribution < 1.29 is 13.2 Å². The van der Waals surface area contributed by atoms with Gasteiger partial charge in [-0.1, -0.05) is 18.2 Å². The molecule has 5 nitrogen and oxygen atoms in total. The van der Waals surface area contributed by atoms with Crippen molar-refractivity contribution >= 4 is 23.3 Å². The van der Waals surface area contributed by atoms with Gasteiger partial charge in [0.1, 0.15) is 17.3 Å². The standard InChI is InChI=1S/C20H12F3N5S/c21-20(22,23)29-15-6-2-1-4-12(15)19-27-16-11-7-9-24-10-14(11)26-18-13(17(16)28-19)5-3-8-25-18/h1-10H,(H,25,26)(H,27,28). The predicted octanol–water partition coefficient (Wildman–Crippen LogP) is 5.87. The second kappa shape index (κ2) is 6.63. The topological polar surface area (TPSA) is 66.5 Å². The van der Waals surface area contributed by atoms with Crippen LogP contribution in [0.15, 0.2) is 66.0 Å². The van der Waals surface area contributed by atoms with Crippen LogP contribution in [-0.4, -0.2) is 25.4 Å². The molecule has 0 atom stereocenters. The van der Waals surface area contributed by atoms with E-state index in [9.17, 15) is 13.2 Å². The summed E-state index contributed by atoms with van der Waals surface area (Å²) >= 11 is -0.151. The highest BCUT2D eigenvalue weighted by Crippen LogP contribution is 2.45. The Hall–Kier alpha value is -3.33. The van der Waals surface area contributed by atoms with Crippen molar-refractivity contribution in [3.05, 3.63) is 61.1 Å². The SMILES string of the molecule is FC(F)(F)Sc1ccccc1-c1nc2c([nH]1)-c1ccncc1Nc1ncccc1-2. The van der Waals surface area contributed by atoms with Gasteiger partial charge in [-0.15, -0.1) is 0 Å². The van der Waals surface area contributed by atoms with Gasteiger partial charge in [0.25, 0.3) is 0 Å². The number of benzene rings is 1. The van der Waals surface area contributed by atoms with Crippen molar-refractivity contribution in [2.24, 2.45) is 0 Å². The molecule has 0 saturated carbocycles.